The number of hydrogen-bond acceptors (Lipinski definition) is 4. The van der Waals surface area contributed by atoms with Crippen molar-refractivity contribution in [1.29, 1.82) is 0 Å². The first-order valence-corrected chi connectivity index (χ1v) is 9.40. The Hall–Kier alpha value is -1.92. The Morgan fingerprint density at radius 3 is 2.65 bits per heavy atom. The number of rotatable bonds is 7. The number of nitrogens with one attached hydrogen (secondary N) is 1. The van der Waals surface area contributed by atoms with Crippen LogP contribution in [-0.4, -0.2) is 30.0 Å². The number of hydrogen-bond donors (Lipinski definition) is 1. The van der Waals surface area contributed by atoms with Crippen molar-refractivity contribution in [2.75, 3.05) is 13.2 Å². The van der Waals surface area contributed by atoms with E-state index in [1.165, 1.54) is 6.20 Å². The standard InChI is InChI=1S/C19H20BrClN2O3/c1-3-26-19(25)14(9-13-7-5-4-6-8-13)10-23-18(24)15-11-22-12(2)16(20)17(15)21/h4-8,11,14H,3,9-10H2,1-2H3,(H,23,24). The summed E-state index contributed by atoms with van der Waals surface area (Å²) in [4.78, 5) is 28.8. The molecule has 1 atom stereocenters. The third-order valence-corrected chi connectivity index (χ3v) is 5.42. The Bertz CT molecular complexity index is 784. The maximum atomic E-state index is 12.5. The molecule has 0 saturated carbocycles. The van der Waals surface area contributed by atoms with E-state index in [0.29, 0.717) is 28.2 Å². The maximum absolute atomic E-state index is 12.5. The molecule has 1 amide bonds. The number of esters is 1. The van der Waals surface area contributed by atoms with E-state index in [2.05, 4.69) is 26.2 Å². The summed E-state index contributed by atoms with van der Waals surface area (Å²) in [6, 6.07) is 9.60. The SMILES string of the molecule is CCOC(=O)C(CNC(=O)c1cnc(C)c(Br)c1Cl)Cc1ccccc1. The lowest BCUT2D eigenvalue weighted by Gasteiger charge is -2.17. The minimum absolute atomic E-state index is 0.147. The molecule has 0 radical (unpaired) electrons. The average Bonchev–Trinajstić information content (AvgIpc) is 2.64. The predicted molar refractivity (Wildman–Crippen MR) is 104 cm³/mol. The highest BCUT2D eigenvalue weighted by Crippen LogP contribution is 2.27. The second-order valence-corrected chi connectivity index (χ2v) is 6.90. The molecule has 2 rings (SSSR count). The van der Waals surface area contributed by atoms with Crippen LogP contribution in [0.5, 0.6) is 0 Å². The van der Waals surface area contributed by atoms with E-state index in [4.69, 9.17) is 16.3 Å². The summed E-state index contributed by atoms with van der Waals surface area (Å²) in [5.74, 6) is -1.21. The Balaban J connectivity index is 2.09. The van der Waals surface area contributed by atoms with Gasteiger partial charge in [-0.05, 0) is 41.8 Å². The van der Waals surface area contributed by atoms with Gasteiger partial charge in [0.05, 0.1) is 33.3 Å². The largest absolute Gasteiger partial charge is 0.466 e. The fourth-order valence-electron chi connectivity index (χ4n) is 2.42. The number of benzene rings is 1. The van der Waals surface area contributed by atoms with Gasteiger partial charge in [-0.2, -0.15) is 0 Å². The van der Waals surface area contributed by atoms with Crippen LogP contribution in [-0.2, 0) is 16.0 Å². The molecule has 0 bridgehead atoms. The molecule has 1 heterocycles. The first-order chi connectivity index (χ1) is 12.4. The van der Waals surface area contributed by atoms with E-state index in [-0.39, 0.29) is 24.0 Å². The zero-order chi connectivity index (χ0) is 19.1. The number of aryl methyl sites for hydroxylation is 1. The number of nitrogens with zero attached hydrogens (tertiary/aromatic N) is 1. The highest BCUT2D eigenvalue weighted by molar-refractivity contribution is 9.10. The Kier molecular flexibility index (Phi) is 7.60. The summed E-state index contributed by atoms with van der Waals surface area (Å²) in [7, 11) is 0. The van der Waals surface area contributed by atoms with Gasteiger partial charge < -0.3 is 10.1 Å². The molecule has 5 nitrogen and oxygen atoms in total. The van der Waals surface area contributed by atoms with Gasteiger partial charge in [0.1, 0.15) is 0 Å². The number of amides is 1. The van der Waals surface area contributed by atoms with Crippen LogP contribution in [0.3, 0.4) is 0 Å². The van der Waals surface area contributed by atoms with Gasteiger partial charge in [-0.25, -0.2) is 0 Å². The van der Waals surface area contributed by atoms with E-state index in [1.807, 2.05) is 30.3 Å². The van der Waals surface area contributed by atoms with Crippen LogP contribution < -0.4 is 5.32 Å². The van der Waals surface area contributed by atoms with Gasteiger partial charge >= 0.3 is 5.97 Å². The number of ether oxygens (including phenoxy) is 1. The molecule has 1 unspecified atom stereocenters. The van der Waals surface area contributed by atoms with E-state index >= 15 is 0 Å². The summed E-state index contributed by atoms with van der Waals surface area (Å²) >= 11 is 9.53. The van der Waals surface area contributed by atoms with E-state index in [9.17, 15) is 9.59 Å². The summed E-state index contributed by atoms with van der Waals surface area (Å²) in [6.45, 7) is 3.98. The monoisotopic (exact) mass is 438 g/mol. The van der Waals surface area contributed by atoms with Gasteiger partial charge in [0, 0.05) is 12.7 Å². The summed E-state index contributed by atoms with van der Waals surface area (Å²) in [5.41, 5.74) is 1.95. The van der Waals surface area contributed by atoms with Crippen LogP contribution in [0.15, 0.2) is 41.0 Å². The fraction of sp³-hybridized carbons (Fsp3) is 0.316. The van der Waals surface area contributed by atoms with Gasteiger partial charge in [-0.15, -0.1) is 0 Å². The third-order valence-electron chi connectivity index (χ3n) is 3.83. The molecule has 26 heavy (non-hydrogen) atoms. The number of carbonyl (C=O) groups is 2. The van der Waals surface area contributed by atoms with Crippen LogP contribution in [0.2, 0.25) is 5.02 Å². The molecule has 0 aliphatic rings. The topological polar surface area (TPSA) is 68.3 Å². The van der Waals surface area contributed by atoms with Crippen LogP contribution in [0.1, 0.15) is 28.5 Å². The third kappa shape index (κ3) is 5.29. The molecular weight excluding hydrogens is 420 g/mol. The van der Waals surface area contributed by atoms with Crippen LogP contribution in [0.25, 0.3) is 0 Å². The number of carbonyl (C=O) groups excluding carboxylic acids is 2. The second kappa shape index (κ2) is 9.69. The van der Waals surface area contributed by atoms with Crippen LogP contribution >= 0.6 is 27.5 Å². The molecule has 0 spiro atoms. The summed E-state index contributed by atoms with van der Waals surface area (Å²) in [5, 5.41) is 3.06. The van der Waals surface area contributed by atoms with Crippen LogP contribution in [0.4, 0.5) is 0 Å². The van der Waals surface area contributed by atoms with Gasteiger partial charge in [-0.3, -0.25) is 14.6 Å². The Morgan fingerprint density at radius 2 is 2.00 bits per heavy atom. The number of aromatic nitrogens is 1. The molecule has 2 aromatic rings. The average molecular weight is 440 g/mol. The summed E-state index contributed by atoms with van der Waals surface area (Å²) in [6.07, 6.45) is 1.90. The molecule has 0 fully saturated rings. The van der Waals surface area contributed by atoms with Crippen molar-refractivity contribution in [2.24, 2.45) is 5.92 Å². The highest BCUT2D eigenvalue weighted by Gasteiger charge is 2.22. The maximum Gasteiger partial charge on any atom is 0.311 e. The normalized spacial score (nSPS) is 11.7. The zero-order valence-electron chi connectivity index (χ0n) is 14.6. The van der Waals surface area contributed by atoms with Crippen LogP contribution in [0, 0.1) is 12.8 Å². The van der Waals surface area contributed by atoms with Gasteiger partial charge in [-0.1, -0.05) is 41.9 Å². The predicted octanol–water partition coefficient (Wildman–Crippen LogP) is 3.96. The van der Waals surface area contributed by atoms with Crippen molar-refractivity contribution < 1.29 is 14.3 Å². The Morgan fingerprint density at radius 1 is 1.31 bits per heavy atom. The van der Waals surface area contributed by atoms with Crippen molar-refractivity contribution in [3.63, 3.8) is 0 Å². The molecular formula is C19H20BrClN2O3. The number of halogens is 2. The van der Waals surface area contributed by atoms with E-state index in [1.54, 1.807) is 13.8 Å². The smallest absolute Gasteiger partial charge is 0.311 e. The van der Waals surface area contributed by atoms with Crippen molar-refractivity contribution in [2.45, 2.75) is 20.3 Å². The molecule has 1 aromatic heterocycles. The lowest BCUT2D eigenvalue weighted by atomic mass is 9.99. The minimum atomic E-state index is -0.484. The molecule has 138 valence electrons. The minimum Gasteiger partial charge on any atom is -0.466 e. The van der Waals surface area contributed by atoms with Gasteiger partial charge in [0.25, 0.3) is 5.91 Å². The van der Waals surface area contributed by atoms with Gasteiger partial charge in [0.15, 0.2) is 0 Å². The summed E-state index contributed by atoms with van der Waals surface area (Å²) < 4.78 is 5.72. The van der Waals surface area contributed by atoms with Crippen molar-refractivity contribution >= 4 is 39.4 Å². The number of pyridine rings is 1. The van der Waals surface area contributed by atoms with E-state index < -0.39 is 5.92 Å². The Labute approximate surface area is 166 Å². The first-order valence-electron chi connectivity index (χ1n) is 8.23. The first kappa shape index (κ1) is 20.4. The fourth-order valence-corrected chi connectivity index (χ4v) is 3.01. The molecule has 7 heteroatoms. The molecule has 0 aliphatic heterocycles. The lowest BCUT2D eigenvalue weighted by molar-refractivity contribution is -0.147. The van der Waals surface area contributed by atoms with Gasteiger partial charge in [0.2, 0.25) is 0 Å². The molecule has 0 aliphatic carbocycles. The van der Waals surface area contributed by atoms with Crippen molar-refractivity contribution in [3.05, 3.63) is 62.8 Å². The molecule has 1 aromatic carbocycles. The van der Waals surface area contributed by atoms with Crippen molar-refractivity contribution in [3.8, 4) is 0 Å². The van der Waals surface area contributed by atoms with Crippen molar-refractivity contribution in [1.82, 2.24) is 10.3 Å². The molecule has 0 saturated heterocycles. The molecule has 1 N–H and O–H groups in total. The highest BCUT2D eigenvalue weighted by atomic mass is 79.9. The zero-order valence-corrected chi connectivity index (χ0v) is 16.9. The second-order valence-electron chi connectivity index (χ2n) is 5.73. The quantitative estimate of drug-likeness (QED) is 0.663. The lowest BCUT2D eigenvalue weighted by Crippen LogP contribution is -2.35. The van der Waals surface area contributed by atoms with E-state index in [0.717, 1.165) is 5.56 Å².